The lowest BCUT2D eigenvalue weighted by Crippen LogP contribution is -2.53. The number of hydrogen-bond acceptors (Lipinski definition) is 3. The van der Waals surface area contributed by atoms with E-state index in [4.69, 9.17) is 4.74 Å². The highest BCUT2D eigenvalue weighted by molar-refractivity contribution is 5.71. The molecule has 4 heteroatoms. The molecule has 0 spiro atoms. The first kappa shape index (κ1) is 15.8. The molecule has 0 radical (unpaired) electrons. The average molecular weight is 308 g/mol. The second-order valence-corrected chi connectivity index (χ2v) is 8.42. The smallest absolute Gasteiger partial charge is 0.306 e. The molecular weight excluding hydrogens is 280 g/mol. The Morgan fingerprint density at radius 1 is 1.14 bits per heavy atom. The third-order valence-electron chi connectivity index (χ3n) is 6.26. The van der Waals surface area contributed by atoms with Crippen molar-refractivity contribution in [1.82, 2.24) is 0 Å². The summed E-state index contributed by atoms with van der Waals surface area (Å²) in [6, 6.07) is 0. The van der Waals surface area contributed by atoms with Crippen LogP contribution in [0.15, 0.2) is 0 Å². The van der Waals surface area contributed by atoms with Gasteiger partial charge in [0.05, 0.1) is 18.9 Å². The van der Waals surface area contributed by atoms with Crippen LogP contribution in [0, 0.1) is 22.7 Å². The summed E-state index contributed by atoms with van der Waals surface area (Å²) < 4.78 is 5.50. The van der Waals surface area contributed by atoms with E-state index in [2.05, 4.69) is 0 Å². The van der Waals surface area contributed by atoms with Crippen LogP contribution in [0.5, 0.6) is 0 Å². The molecule has 3 unspecified atom stereocenters. The molecule has 4 fully saturated rings. The highest BCUT2D eigenvalue weighted by Gasteiger charge is 2.58. The fourth-order valence-corrected chi connectivity index (χ4v) is 6.04. The van der Waals surface area contributed by atoms with Gasteiger partial charge in [0, 0.05) is 0 Å². The van der Waals surface area contributed by atoms with Gasteiger partial charge in [-0.2, -0.15) is 0 Å². The van der Waals surface area contributed by atoms with Crippen molar-refractivity contribution < 1.29 is 19.4 Å². The number of carbonyl (C=O) groups is 2. The van der Waals surface area contributed by atoms with Gasteiger partial charge in [0.1, 0.15) is 0 Å². The molecule has 0 aromatic rings. The SMILES string of the molecule is CCC(C)OC(=O)CC12CC3CC(CC(CC(=O)O)(C3)C1)C2. The lowest BCUT2D eigenvalue weighted by atomic mass is 9.43. The van der Waals surface area contributed by atoms with Crippen LogP contribution in [-0.4, -0.2) is 23.1 Å². The number of carboxylic acids is 1. The Labute approximate surface area is 132 Å². The molecule has 4 aliphatic rings. The molecule has 1 N–H and O–H groups in total. The lowest BCUT2D eigenvalue weighted by molar-refractivity contribution is -0.166. The molecule has 0 aromatic carbocycles. The number of carboxylic acid groups (broad SMARTS) is 1. The first-order valence-corrected chi connectivity index (χ1v) is 8.75. The zero-order valence-electron chi connectivity index (χ0n) is 13.8. The molecular formula is C18H28O4. The molecule has 0 aliphatic heterocycles. The molecule has 4 nitrogen and oxygen atoms in total. The van der Waals surface area contributed by atoms with Gasteiger partial charge in [0.2, 0.25) is 0 Å². The number of hydrogen-bond donors (Lipinski definition) is 1. The van der Waals surface area contributed by atoms with E-state index in [1.54, 1.807) is 0 Å². The van der Waals surface area contributed by atoms with Crippen molar-refractivity contribution >= 4 is 11.9 Å². The second kappa shape index (κ2) is 5.54. The number of rotatable bonds is 6. The minimum Gasteiger partial charge on any atom is -0.481 e. The van der Waals surface area contributed by atoms with Crippen LogP contribution in [-0.2, 0) is 14.3 Å². The third-order valence-corrected chi connectivity index (χ3v) is 6.26. The predicted octanol–water partition coefficient (Wildman–Crippen LogP) is 3.78. The second-order valence-electron chi connectivity index (χ2n) is 8.42. The van der Waals surface area contributed by atoms with Crippen LogP contribution < -0.4 is 0 Å². The Hall–Kier alpha value is -1.06. The van der Waals surface area contributed by atoms with Gasteiger partial charge in [0.15, 0.2) is 0 Å². The summed E-state index contributed by atoms with van der Waals surface area (Å²) in [7, 11) is 0. The predicted molar refractivity (Wildman–Crippen MR) is 82.3 cm³/mol. The average Bonchev–Trinajstić information content (AvgIpc) is 2.33. The van der Waals surface area contributed by atoms with Gasteiger partial charge >= 0.3 is 11.9 Å². The Morgan fingerprint density at radius 3 is 2.18 bits per heavy atom. The molecule has 0 aromatic heterocycles. The number of aliphatic carboxylic acids is 1. The molecule has 0 heterocycles. The molecule has 4 aliphatic carbocycles. The Bertz CT molecular complexity index is 456. The fourth-order valence-electron chi connectivity index (χ4n) is 6.04. The standard InChI is InChI=1S/C18H28O4/c1-3-12(2)22-16(21)10-18-7-13-4-14(8-18)6-17(5-13,11-18)9-15(19)20/h12-14H,3-11H2,1-2H3,(H,19,20). The summed E-state index contributed by atoms with van der Waals surface area (Å²) in [5.74, 6) is 0.482. The minimum absolute atomic E-state index is 0.0179. The van der Waals surface area contributed by atoms with E-state index in [0.717, 1.165) is 38.5 Å². The molecule has 0 amide bonds. The highest BCUT2D eigenvalue weighted by Crippen LogP contribution is 2.67. The van der Waals surface area contributed by atoms with Crippen LogP contribution >= 0.6 is 0 Å². The Balaban J connectivity index is 1.73. The van der Waals surface area contributed by atoms with E-state index in [0.29, 0.717) is 18.3 Å². The van der Waals surface area contributed by atoms with Crippen molar-refractivity contribution in [3.8, 4) is 0 Å². The maximum Gasteiger partial charge on any atom is 0.306 e. The largest absolute Gasteiger partial charge is 0.481 e. The topological polar surface area (TPSA) is 63.6 Å². The maximum absolute atomic E-state index is 12.3. The van der Waals surface area contributed by atoms with Gasteiger partial charge in [-0.3, -0.25) is 9.59 Å². The highest BCUT2D eigenvalue weighted by atomic mass is 16.5. The van der Waals surface area contributed by atoms with Gasteiger partial charge in [-0.25, -0.2) is 0 Å². The van der Waals surface area contributed by atoms with E-state index in [9.17, 15) is 14.7 Å². The fraction of sp³-hybridized carbons (Fsp3) is 0.889. The zero-order valence-corrected chi connectivity index (χ0v) is 13.8. The quantitative estimate of drug-likeness (QED) is 0.758. The number of esters is 1. The molecule has 124 valence electrons. The van der Waals surface area contributed by atoms with Crippen LogP contribution in [0.2, 0.25) is 0 Å². The summed E-state index contributed by atoms with van der Waals surface area (Å²) in [6.07, 6.45) is 8.05. The van der Waals surface area contributed by atoms with Gasteiger partial charge in [-0.05, 0) is 74.5 Å². The van der Waals surface area contributed by atoms with Crippen molar-refractivity contribution in [3.63, 3.8) is 0 Å². The van der Waals surface area contributed by atoms with Gasteiger partial charge < -0.3 is 9.84 Å². The van der Waals surface area contributed by atoms with Crippen molar-refractivity contribution in [3.05, 3.63) is 0 Å². The van der Waals surface area contributed by atoms with Gasteiger partial charge in [0.25, 0.3) is 0 Å². The van der Waals surface area contributed by atoms with E-state index in [-0.39, 0.29) is 29.3 Å². The van der Waals surface area contributed by atoms with E-state index >= 15 is 0 Å². The molecule has 4 saturated carbocycles. The van der Waals surface area contributed by atoms with Gasteiger partial charge in [-0.15, -0.1) is 0 Å². The molecule has 22 heavy (non-hydrogen) atoms. The van der Waals surface area contributed by atoms with Crippen LogP contribution in [0.3, 0.4) is 0 Å². The minimum atomic E-state index is -0.681. The molecule has 4 rings (SSSR count). The first-order valence-electron chi connectivity index (χ1n) is 8.75. The lowest BCUT2D eigenvalue weighted by Gasteiger charge is -2.62. The normalized spacial score (nSPS) is 40.5. The van der Waals surface area contributed by atoms with Crippen LogP contribution in [0.25, 0.3) is 0 Å². The van der Waals surface area contributed by atoms with Crippen molar-refractivity contribution in [2.45, 2.75) is 77.7 Å². The van der Waals surface area contributed by atoms with E-state index < -0.39 is 5.97 Å². The van der Waals surface area contributed by atoms with Crippen molar-refractivity contribution in [2.24, 2.45) is 22.7 Å². The summed E-state index contributed by atoms with van der Waals surface area (Å²) in [6.45, 7) is 3.95. The summed E-state index contributed by atoms with van der Waals surface area (Å²) in [4.78, 5) is 23.6. The van der Waals surface area contributed by atoms with Crippen LogP contribution in [0.4, 0.5) is 0 Å². The van der Waals surface area contributed by atoms with E-state index in [1.807, 2.05) is 13.8 Å². The molecule has 0 saturated heterocycles. The Kier molecular flexibility index (Phi) is 3.98. The molecule has 3 atom stereocenters. The summed E-state index contributed by atoms with van der Waals surface area (Å²) in [5, 5.41) is 9.30. The van der Waals surface area contributed by atoms with Crippen molar-refractivity contribution in [2.75, 3.05) is 0 Å². The summed E-state index contributed by atoms with van der Waals surface area (Å²) >= 11 is 0. The maximum atomic E-state index is 12.3. The van der Waals surface area contributed by atoms with Crippen LogP contribution in [0.1, 0.15) is 71.6 Å². The third kappa shape index (κ3) is 3.02. The van der Waals surface area contributed by atoms with Crippen molar-refractivity contribution in [1.29, 1.82) is 0 Å². The summed E-state index contributed by atoms with van der Waals surface area (Å²) in [5.41, 5.74) is -0.0311. The zero-order chi connectivity index (χ0) is 16.0. The monoisotopic (exact) mass is 308 g/mol. The number of carbonyl (C=O) groups excluding carboxylic acids is 1. The van der Waals surface area contributed by atoms with E-state index in [1.165, 1.54) is 6.42 Å². The Morgan fingerprint density at radius 2 is 1.68 bits per heavy atom. The number of ether oxygens (including phenoxy) is 1. The van der Waals surface area contributed by atoms with Gasteiger partial charge in [-0.1, -0.05) is 6.92 Å². The first-order chi connectivity index (χ1) is 10.3. The molecule has 4 bridgehead atoms.